The van der Waals surface area contributed by atoms with Crippen LogP contribution in [0.4, 0.5) is 0 Å². The Morgan fingerprint density at radius 3 is 2.84 bits per heavy atom. The van der Waals surface area contributed by atoms with Gasteiger partial charge in [-0.2, -0.15) is 5.26 Å². The zero-order valence-corrected chi connectivity index (χ0v) is 11.5. The molecular weight excluding hydrogens is 234 g/mol. The first-order valence-electron chi connectivity index (χ1n) is 7.16. The number of nitrogens with zero attached hydrogens (tertiary/aromatic N) is 1. The number of hydrogen-bond acceptors (Lipinski definition) is 3. The first kappa shape index (κ1) is 13.7. The van der Waals surface area contributed by atoms with Crippen LogP contribution < -0.4 is 10.6 Å². The van der Waals surface area contributed by atoms with Crippen LogP contribution in [0.1, 0.15) is 38.5 Å². The van der Waals surface area contributed by atoms with Crippen molar-refractivity contribution in [1.29, 1.82) is 5.26 Å². The van der Waals surface area contributed by atoms with Crippen molar-refractivity contribution in [3.63, 3.8) is 0 Å². The molecule has 0 radical (unpaired) electrons. The molecule has 0 bridgehead atoms. The van der Waals surface area contributed by atoms with Crippen LogP contribution in [0, 0.1) is 17.2 Å². The standard InChI is InChI=1S/C16H23N3/c1-3-18-15-6-4-5-14(9-15)16(10-17)12(2)19-11-13-7-8-13/h3,13,15,18-19H,1-2,4-9,11H2/b16-14-. The van der Waals surface area contributed by atoms with Gasteiger partial charge in [-0.05, 0) is 56.2 Å². The molecular formula is C16H23N3. The monoisotopic (exact) mass is 257 g/mol. The third-order valence-corrected chi connectivity index (χ3v) is 3.95. The quantitative estimate of drug-likeness (QED) is 0.719. The molecule has 0 aromatic carbocycles. The third kappa shape index (κ3) is 3.89. The van der Waals surface area contributed by atoms with Crippen LogP contribution >= 0.6 is 0 Å². The van der Waals surface area contributed by atoms with E-state index in [2.05, 4.69) is 29.9 Å². The first-order valence-corrected chi connectivity index (χ1v) is 7.16. The maximum Gasteiger partial charge on any atom is 0.101 e. The molecule has 0 spiro atoms. The van der Waals surface area contributed by atoms with Crippen LogP contribution in [-0.2, 0) is 0 Å². The molecule has 2 rings (SSSR count). The van der Waals surface area contributed by atoms with Crippen LogP contribution in [0.15, 0.2) is 36.2 Å². The summed E-state index contributed by atoms with van der Waals surface area (Å²) in [7, 11) is 0. The van der Waals surface area contributed by atoms with Gasteiger partial charge in [0.05, 0.1) is 5.57 Å². The summed E-state index contributed by atoms with van der Waals surface area (Å²) in [6, 6.07) is 2.76. The summed E-state index contributed by atoms with van der Waals surface area (Å²) in [5.74, 6) is 0.795. The van der Waals surface area contributed by atoms with Gasteiger partial charge in [-0.25, -0.2) is 0 Å². The molecule has 0 aromatic rings. The van der Waals surface area contributed by atoms with Gasteiger partial charge in [0.15, 0.2) is 0 Å². The maximum atomic E-state index is 9.40. The van der Waals surface area contributed by atoms with Gasteiger partial charge in [-0.1, -0.05) is 13.2 Å². The Hall–Kier alpha value is -1.69. The summed E-state index contributed by atoms with van der Waals surface area (Å²) in [6.45, 7) is 8.72. The Morgan fingerprint density at radius 1 is 1.42 bits per heavy atom. The zero-order chi connectivity index (χ0) is 13.7. The fourth-order valence-corrected chi connectivity index (χ4v) is 2.64. The average Bonchev–Trinajstić information content (AvgIpc) is 3.22. The van der Waals surface area contributed by atoms with E-state index in [0.29, 0.717) is 6.04 Å². The van der Waals surface area contributed by atoms with E-state index in [0.717, 1.165) is 49.4 Å². The first-order chi connectivity index (χ1) is 9.24. The molecule has 0 amide bonds. The third-order valence-electron chi connectivity index (χ3n) is 3.95. The highest BCUT2D eigenvalue weighted by atomic mass is 14.9. The van der Waals surface area contributed by atoms with Gasteiger partial charge in [0.2, 0.25) is 0 Å². The molecule has 2 fully saturated rings. The van der Waals surface area contributed by atoms with E-state index in [1.807, 2.05) is 0 Å². The lowest BCUT2D eigenvalue weighted by atomic mass is 9.87. The second-order valence-electron chi connectivity index (χ2n) is 5.56. The Balaban J connectivity index is 1.99. The molecule has 0 aromatic heterocycles. The van der Waals surface area contributed by atoms with E-state index in [4.69, 9.17) is 0 Å². The van der Waals surface area contributed by atoms with E-state index in [9.17, 15) is 5.26 Å². The van der Waals surface area contributed by atoms with Crippen molar-refractivity contribution in [1.82, 2.24) is 10.6 Å². The molecule has 0 heterocycles. The van der Waals surface area contributed by atoms with E-state index in [-0.39, 0.29) is 0 Å². The van der Waals surface area contributed by atoms with Gasteiger partial charge < -0.3 is 10.6 Å². The highest BCUT2D eigenvalue weighted by Crippen LogP contribution is 2.30. The zero-order valence-electron chi connectivity index (χ0n) is 11.5. The van der Waals surface area contributed by atoms with E-state index < -0.39 is 0 Å². The fourth-order valence-electron chi connectivity index (χ4n) is 2.64. The SMILES string of the molecule is C=CNC1CCC/C(=C(\C#N)C(=C)NCC2CC2)C1. The molecule has 3 nitrogen and oxygen atoms in total. The lowest BCUT2D eigenvalue weighted by Gasteiger charge is -2.26. The smallest absolute Gasteiger partial charge is 0.101 e. The highest BCUT2D eigenvalue weighted by Gasteiger charge is 2.23. The minimum atomic E-state index is 0.417. The molecule has 2 N–H and O–H groups in total. The molecule has 2 aliphatic rings. The molecule has 0 aliphatic heterocycles. The summed E-state index contributed by atoms with van der Waals surface area (Å²) < 4.78 is 0. The fraction of sp³-hybridized carbons (Fsp3) is 0.562. The minimum absolute atomic E-state index is 0.417. The van der Waals surface area contributed by atoms with Crippen LogP contribution in [0.3, 0.4) is 0 Å². The number of nitriles is 1. The summed E-state index contributed by atoms with van der Waals surface area (Å²) in [5.41, 5.74) is 2.82. The Labute approximate surface area is 116 Å². The van der Waals surface area contributed by atoms with Gasteiger partial charge in [0.1, 0.15) is 6.07 Å². The average molecular weight is 257 g/mol. The van der Waals surface area contributed by atoms with Gasteiger partial charge >= 0.3 is 0 Å². The molecule has 0 saturated heterocycles. The van der Waals surface area contributed by atoms with E-state index in [1.54, 1.807) is 6.20 Å². The van der Waals surface area contributed by atoms with Crippen LogP contribution in [-0.4, -0.2) is 12.6 Å². The van der Waals surface area contributed by atoms with Crippen molar-refractivity contribution >= 4 is 0 Å². The molecule has 3 heteroatoms. The molecule has 102 valence electrons. The van der Waals surface area contributed by atoms with Crippen molar-refractivity contribution in [2.75, 3.05) is 6.54 Å². The Kier molecular flexibility index (Phi) is 4.68. The molecule has 1 atom stereocenters. The summed E-state index contributed by atoms with van der Waals surface area (Å²) >= 11 is 0. The topological polar surface area (TPSA) is 47.9 Å². The van der Waals surface area contributed by atoms with Crippen molar-refractivity contribution in [2.45, 2.75) is 44.6 Å². The second kappa shape index (κ2) is 6.47. The van der Waals surface area contributed by atoms with Crippen molar-refractivity contribution in [3.8, 4) is 6.07 Å². The predicted molar refractivity (Wildman–Crippen MR) is 78.1 cm³/mol. The van der Waals surface area contributed by atoms with Crippen molar-refractivity contribution in [2.24, 2.45) is 5.92 Å². The van der Waals surface area contributed by atoms with Crippen molar-refractivity contribution < 1.29 is 0 Å². The van der Waals surface area contributed by atoms with Gasteiger partial charge in [-0.3, -0.25) is 0 Å². The number of hydrogen-bond donors (Lipinski definition) is 2. The number of nitrogens with one attached hydrogen (secondary N) is 2. The minimum Gasteiger partial charge on any atom is -0.388 e. The predicted octanol–water partition coefficient (Wildman–Crippen LogP) is 3.00. The molecule has 19 heavy (non-hydrogen) atoms. The molecule has 1 unspecified atom stereocenters. The summed E-state index contributed by atoms with van der Waals surface area (Å²) in [4.78, 5) is 0. The largest absolute Gasteiger partial charge is 0.388 e. The van der Waals surface area contributed by atoms with Crippen LogP contribution in [0.5, 0.6) is 0 Å². The lowest BCUT2D eigenvalue weighted by molar-refractivity contribution is 0.467. The number of rotatable bonds is 6. The Morgan fingerprint density at radius 2 is 2.21 bits per heavy atom. The van der Waals surface area contributed by atoms with E-state index >= 15 is 0 Å². The Bertz CT molecular complexity index is 424. The molecule has 2 aliphatic carbocycles. The number of allylic oxidation sites excluding steroid dienone is 1. The summed E-state index contributed by atoms with van der Waals surface area (Å²) in [5, 5.41) is 16.0. The van der Waals surface area contributed by atoms with Gasteiger partial charge in [0, 0.05) is 18.3 Å². The van der Waals surface area contributed by atoms with Crippen LogP contribution in [0.2, 0.25) is 0 Å². The maximum absolute atomic E-state index is 9.40. The summed E-state index contributed by atoms with van der Waals surface area (Å²) in [6.07, 6.45) is 8.59. The normalized spacial score (nSPS) is 25.1. The van der Waals surface area contributed by atoms with Gasteiger partial charge in [-0.15, -0.1) is 0 Å². The van der Waals surface area contributed by atoms with Crippen LogP contribution in [0.25, 0.3) is 0 Å². The van der Waals surface area contributed by atoms with E-state index in [1.165, 1.54) is 18.4 Å². The highest BCUT2D eigenvalue weighted by molar-refractivity contribution is 5.44. The lowest BCUT2D eigenvalue weighted by Crippen LogP contribution is -2.28. The van der Waals surface area contributed by atoms with Crippen molar-refractivity contribution in [3.05, 3.63) is 36.2 Å². The second-order valence-corrected chi connectivity index (χ2v) is 5.56. The molecule has 2 saturated carbocycles. The van der Waals surface area contributed by atoms with Gasteiger partial charge in [0.25, 0.3) is 0 Å².